The van der Waals surface area contributed by atoms with Gasteiger partial charge in [0.25, 0.3) is 0 Å². The molecule has 1 aromatic heterocycles. The molecular formula is C16H28N2S. The van der Waals surface area contributed by atoms with Crippen LogP contribution in [0, 0.1) is 25.2 Å². The molecule has 1 heterocycles. The molecule has 0 aliphatic heterocycles. The lowest BCUT2D eigenvalue weighted by Gasteiger charge is -2.43. The highest BCUT2D eigenvalue weighted by atomic mass is 32.1. The van der Waals surface area contributed by atoms with Gasteiger partial charge in [0.05, 0.1) is 10.7 Å². The molecule has 0 amide bonds. The third kappa shape index (κ3) is 3.38. The summed E-state index contributed by atoms with van der Waals surface area (Å²) in [4.78, 5) is 6.09. The van der Waals surface area contributed by atoms with Gasteiger partial charge in [-0.2, -0.15) is 0 Å². The highest BCUT2D eigenvalue weighted by molar-refractivity contribution is 7.11. The minimum absolute atomic E-state index is 0.466. The van der Waals surface area contributed by atoms with Crippen LogP contribution in [0.2, 0.25) is 0 Å². The zero-order valence-electron chi connectivity index (χ0n) is 13.0. The molecule has 3 heteroatoms. The Kier molecular flexibility index (Phi) is 4.67. The molecule has 1 aromatic rings. The molecule has 0 aromatic carbocycles. The van der Waals surface area contributed by atoms with Crippen LogP contribution < -0.4 is 5.32 Å². The third-order valence-electron chi connectivity index (χ3n) is 4.91. The van der Waals surface area contributed by atoms with E-state index in [1.54, 1.807) is 0 Å². The van der Waals surface area contributed by atoms with Gasteiger partial charge in [-0.15, -0.1) is 11.3 Å². The van der Waals surface area contributed by atoms with E-state index < -0.39 is 0 Å². The molecule has 1 fully saturated rings. The van der Waals surface area contributed by atoms with Crippen molar-refractivity contribution in [1.29, 1.82) is 0 Å². The third-order valence-corrected chi connectivity index (χ3v) is 6.01. The molecule has 1 aliphatic rings. The maximum Gasteiger partial charge on any atom is 0.0946 e. The Morgan fingerprint density at radius 3 is 2.63 bits per heavy atom. The summed E-state index contributed by atoms with van der Waals surface area (Å²) in [5.74, 6) is 0.774. The fourth-order valence-electron chi connectivity index (χ4n) is 3.53. The Balaban J connectivity index is 2.11. The van der Waals surface area contributed by atoms with Crippen molar-refractivity contribution >= 4 is 11.3 Å². The normalized spacial score (nSPS) is 24.4. The Hall–Kier alpha value is -0.410. The minimum atomic E-state index is 0.466. The van der Waals surface area contributed by atoms with E-state index in [0.717, 1.165) is 12.3 Å². The monoisotopic (exact) mass is 280 g/mol. The van der Waals surface area contributed by atoms with E-state index in [4.69, 9.17) is 4.98 Å². The van der Waals surface area contributed by atoms with E-state index in [1.807, 2.05) is 11.3 Å². The molecule has 2 rings (SSSR count). The van der Waals surface area contributed by atoms with Crippen molar-refractivity contribution < 1.29 is 0 Å². The number of nitrogens with one attached hydrogen (secondary N) is 1. The number of rotatable bonds is 4. The number of hydrogen-bond acceptors (Lipinski definition) is 3. The van der Waals surface area contributed by atoms with Crippen LogP contribution in [0.15, 0.2) is 0 Å². The van der Waals surface area contributed by atoms with Gasteiger partial charge in [0.1, 0.15) is 0 Å². The second-order valence-electron chi connectivity index (χ2n) is 6.69. The molecule has 1 aliphatic carbocycles. The molecule has 1 saturated carbocycles. The predicted octanol–water partition coefficient (Wildman–Crippen LogP) is 4.11. The van der Waals surface area contributed by atoms with E-state index >= 15 is 0 Å². The van der Waals surface area contributed by atoms with Gasteiger partial charge in [-0.3, -0.25) is 0 Å². The van der Waals surface area contributed by atoms with E-state index in [-0.39, 0.29) is 0 Å². The second-order valence-corrected chi connectivity index (χ2v) is 7.98. The molecule has 0 bridgehead atoms. The number of aromatic nitrogens is 1. The van der Waals surface area contributed by atoms with Gasteiger partial charge in [0.15, 0.2) is 0 Å². The summed E-state index contributed by atoms with van der Waals surface area (Å²) in [5, 5.41) is 4.87. The summed E-state index contributed by atoms with van der Waals surface area (Å²) in [6.07, 6.45) is 6.61. The molecular weight excluding hydrogens is 252 g/mol. The predicted molar refractivity (Wildman–Crippen MR) is 83.9 cm³/mol. The van der Waals surface area contributed by atoms with Gasteiger partial charge in [-0.25, -0.2) is 4.98 Å². The average Bonchev–Trinajstić information content (AvgIpc) is 2.65. The van der Waals surface area contributed by atoms with E-state index in [2.05, 4.69) is 40.1 Å². The van der Waals surface area contributed by atoms with Crippen molar-refractivity contribution in [2.75, 3.05) is 7.05 Å². The first-order valence-corrected chi connectivity index (χ1v) is 8.36. The number of aryl methyl sites for hydroxylation is 2. The van der Waals surface area contributed by atoms with Gasteiger partial charge in [0, 0.05) is 17.3 Å². The van der Waals surface area contributed by atoms with Crippen LogP contribution in [0.3, 0.4) is 0 Å². The molecule has 108 valence electrons. The number of thiazole rings is 1. The van der Waals surface area contributed by atoms with Crippen LogP contribution in [-0.4, -0.2) is 18.1 Å². The zero-order valence-corrected chi connectivity index (χ0v) is 13.9. The number of nitrogens with zero attached hydrogens (tertiary/aromatic N) is 1. The largest absolute Gasteiger partial charge is 0.316 e. The van der Waals surface area contributed by atoms with Crippen molar-refractivity contribution in [3.05, 3.63) is 15.6 Å². The smallest absolute Gasteiger partial charge is 0.0946 e. The van der Waals surface area contributed by atoms with E-state index in [1.165, 1.54) is 41.3 Å². The molecule has 2 nitrogen and oxygen atoms in total. The molecule has 2 atom stereocenters. The zero-order chi connectivity index (χ0) is 14.0. The maximum absolute atomic E-state index is 4.72. The Morgan fingerprint density at radius 1 is 1.37 bits per heavy atom. The van der Waals surface area contributed by atoms with Gasteiger partial charge in [0.2, 0.25) is 0 Å². The van der Waals surface area contributed by atoms with E-state index in [0.29, 0.717) is 11.5 Å². The van der Waals surface area contributed by atoms with Crippen LogP contribution in [0.25, 0.3) is 0 Å². The quantitative estimate of drug-likeness (QED) is 0.898. The fraction of sp³-hybridized carbons (Fsp3) is 0.812. The van der Waals surface area contributed by atoms with Crippen molar-refractivity contribution in [2.45, 2.75) is 65.8 Å². The van der Waals surface area contributed by atoms with Crippen molar-refractivity contribution in [1.82, 2.24) is 10.3 Å². The van der Waals surface area contributed by atoms with Crippen LogP contribution in [0.4, 0.5) is 0 Å². The van der Waals surface area contributed by atoms with Gasteiger partial charge < -0.3 is 5.32 Å². The molecule has 0 saturated heterocycles. The van der Waals surface area contributed by atoms with E-state index in [9.17, 15) is 0 Å². The van der Waals surface area contributed by atoms with Gasteiger partial charge in [-0.1, -0.05) is 26.7 Å². The van der Waals surface area contributed by atoms with Gasteiger partial charge >= 0.3 is 0 Å². The Labute approximate surface area is 122 Å². The topological polar surface area (TPSA) is 24.9 Å². The first kappa shape index (κ1) is 15.0. The van der Waals surface area contributed by atoms with Crippen molar-refractivity contribution in [3.8, 4) is 0 Å². The molecule has 1 N–H and O–H groups in total. The minimum Gasteiger partial charge on any atom is -0.316 e. The van der Waals surface area contributed by atoms with Crippen molar-refractivity contribution in [2.24, 2.45) is 11.3 Å². The lowest BCUT2D eigenvalue weighted by atomic mass is 9.65. The van der Waals surface area contributed by atoms with Crippen LogP contribution in [0.1, 0.15) is 55.1 Å². The molecule has 0 radical (unpaired) electrons. The highest BCUT2D eigenvalue weighted by Gasteiger charge is 2.37. The lowest BCUT2D eigenvalue weighted by molar-refractivity contribution is 0.101. The highest BCUT2D eigenvalue weighted by Crippen LogP contribution is 2.43. The summed E-state index contributed by atoms with van der Waals surface area (Å²) < 4.78 is 0. The SMILES string of the molecule is CNC(Cc1nc(C)c(C)s1)C1CCCCC1(C)C. The molecule has 2 unspecified atom stereocenters. The van der Waals surface area contributed by atoms with Crippen molar-refractivity contribution in [3.63, 3.8) is 0 Å². The average molecular weight is 280 g/mol. The first-order chi connectivity index (χ1) is 8.94. The number of hydrogen-bond donors (Lipinski definition) is 1. The lowest BCUT2D eigenvalue weighted by Crippen LogP contribution is -2.44. The number of likely N-dealkylation sites (N-methyl/N-ethyl adjacent to an activating group) is 1. The van der Waals surface area contributed by atoms with Crippen LogP contribution in [-0.2, 0) is 6.42 Å². The molecule has 0 spiro atoms. The van der Waals surface area contributed by atoms with Crippen LogP contribution >= 0.6 is 11.3 Å². The van der Waals surface area contributed by atoms with Gasteiger partial charge in [-0.05, 0) is 45.1 Å². The second kappa shape index (κ2) is 5.92. The summed E-state index contributed by atoms with van der Waals surface area (Å²) in [7, 11) is 2.11. The fourth-order valence-corrected chi connectivity index (χ4v) is 4.52. The molecule has 19 heavy (non-hydrogen) atoms. The maximum atomic E-state index is 4.72. The first-order valence-electron chi connectivity index (χ1n) is 7.54. The Bertz CT molecular complexity index is 403. The summed E-state index contributed by atoms with van der Waals surface area (Å²) in [5.41, 5.74) is 1.67. The summed E-state index contributed by atoms with van der Waals surface area (Å²) in [6, 6.07) is 0.570. The summed E-state index contributed by atoms with van der Waals surface area (Å²) in [6.45, 7) is 9.18. The summed E-state index contributed by atoms with van der Waals surface area (Å²) >= 11 is 1.87. The standard InChI is InChI=1S/C16H28N2S/c1-11-12(2)19-15(18-11)10-14(17-5)13-8-6-7-9-16(13,3)4/h13-14,17H,6-10H2,1-5H3. The van der Waals surface area contributed by atoms with Crippen LogP contribution in [0.5, 0.6) is 0 Å². The Morgan fingerprint density at radius 2 is 2.11 bits per heavy atom.